The van der Waals surface area contributed by atoms with E-state index in [0.29, 0.717) is 5.84 Å². The molecular formula is C18H29ClN2. The zero-order valence-electron chi connectivity index (χ0n) is 13.3. The summed E-state index contributed by atoms with van der Waals surface area (Å²) in [5.74, 6) is 0.743. The first-order valence-electron chi connectivity index (χ1n) is 8.24. The minimum atomic E-state index is 0.278. The highest BCUT2D eigenvalue weighted by molar-refractivity contribution is 6.28. The van der Waals surface area contributed by atoms with Crippen LogP contribution in [-0.4, -0.2) is 11.7 Å². The van der Waals surface area contributed by atoms with Crippen LogP contribution in [0.2, 0.25) is 0 Å². The van der Waals surface area contributed by atoms with Crippen LogP contribution in [0.15, 0.2) is 29.3 Å². The zero-order valence-corrected chi connectivity index (χ0v) is 14.0. The van der Waals surface area contributed by atoms with Crippen LogP contribution in [0.5, 0.6) is 0 Å². The second kappa shape index (κ2) is 11.6. The molecule has 118 valence electrons. The van der Waals surface area contributed by atoms with Gasteiger partial charge in [0.15, 0.2) is 0 Å². The van der Waals surface area contributed by atoms with Gasteiger partial charge in [-0.1, -0.05) is 64.0 Å². The van der Waals surface area contributed by atoms with Crippen molar-refractivity contribution in [2.75, 3.05) is 5.88 Å². The van der Waals surface area contributed by atoms with E-state index in [1.165, 1.54) is 56.9 Å². The van der Waals surface area contributed by atoms with Crippen LogP contribution in [0.3, 0.4) is 0 Å². The SMILES string of the molecule is CCCCCCCCCCc1ccc(N=C(N)CCl)cc1. The minimum absolute atomic E-state index is 0.278. The molecule has 2 nitrogen and oxygen atoms in total. The van der Waals surface area contributed by atoms with Gasteiger partial charge >= 0.3 is 0 Å². The zero-order chi connectivity index (χ0) is 15.3. The molecule has 0 radical (unpaired) electrons. The Hall–Kier alpha value is -1.02. The number of benzene rings is 1. The van der Waals surface area contributed by atoms with E-state index in [-0.39, 0.29) is 5.88 Å². The standard InChI is InChI=1S/C18H29ClN2/c1-2-3-4-5-6-7-8-9-10-16-11-13-17(14-12-16)21-18(20)15-19/h11-14H,2-10,15H2,1H3,(H2,20,21). The summed E-state index contributed by atoms with van der Waals surface area (Å²) in [6.45, 7) is 2.26. The number of halogens is 1. The van der Waals surface area contributed by atoms with Crippen molar-refractivity contribution in [3.8, 4) is 0 Å². The van der Waals surface area contributed by atoms with E-state index >= 15 is 0 Å². The summed E-state index contributed by atoms with van der Waals surface area (Å²) < 4.78 is 0. The van der Waals surface area contributed by atoms with E-state index < -0.39 is 0 Å². The quantitative estimate of drug-likeness (QED) is 0.246. The van der Waals surface area contributed by atoms with E-state index in [1.54, 1.807) is 0 Å². The van der Waals surface area contributed by atoms with Crippen molar-refractivity contribution in [2.45, 2.75) is 64.7 Å². The van der Waals surface area contributed by atoms with Crippen molar-refractivity contribution in [1.82, 2.24) is 0 Å². The lowest BCUT2D eigenvalue weighted by Crippen LogP contribution is -2.12. The molecule has 0 saturated heterocycles. The Morgan fingerprint density at radius 2 is 1.52 bits per heavy atom. The Kier molecular flexibility index (Phi) is 9.98. The topological polar surface area (TPSA) is 38.4 Å². The molecule has 2 N–H and O–H groups in total. The average molecular weight is 309 g/mol. The van der Waals surface area contributed by atoms with Crippen LogP contribution in [0.1, 0.15) is 63.9 Å². The Morgan fingerprint density at radius 1 is 0.952 bits per heavy atom. The van der Waals surface area contributed by atoms with Gasteiger partial charge in [0.25, 0.3) is 0 Å². The van der Waals surface area contributed by atoms with Gasteiger partial charge < -0.3 is 5.73 Å². The third-order valence-electron chi connectivity index (χ3n) is 3.66. The number of aliphatic imine (C=N–C) groups is 1. The van der Waals surface area contributed by atoms with Crippen LogP contribution < -0.4 is 5.73 Å². The second-order valence-electron chi connectivity index (χ2n) is 5.63. The summed E-state index contributed by atoms with van der Waals surface area (Å²) in [5.41, 5.74) is 7.88. The predicted molar refractivity (Wildman–Crippen MR) is 94.8 cm³/mol. The highest BCUT2D eigenvalue weighted by atomic mass is 35.5. The molecule has 21 heavy (non-hydrogen) atoms. The fourth-order valence-electron chi connectivity index (χ4n) is 2.40. The van der Waals surface area contributed by atoms with Crippen molar-refractivity contribution in [1.29, 1.82) is 0 Å². The molecule has 0 saturated carbocycles. The summed E-state index contributed by atoms with van der Waals surface area (Å²) >= 11 is 5.62. The number of nitrogens with two attached hydrogens (primary N) is 1. The fraction of sp³-hybridized carbons (Fsp3) is 0.611. The lowest BCUT2D eigenvalue weighted by atomic mass is 10.0. The third kappa shape index (κ3) is 8.77. The van der Waals surface area contributed by atoms with Crippen molar-refractivity contribution < 1.29 is 0 Å². The number of hydrogen-bond acceptors (Lipinski definition) is 1. The van der Waals surface area contributed by atoms with Crippen molar-refractivity contribution in [3.05, 3.63) is 29.8 Å². The maximum Gasteiger partial charge on any atom is 0.115 e. The third-order valence-corrected chi connectivity index (χ3v) is 3.94. The molecule has 3 heteroatoms. The summed E-state index contributed by atoms with van der Waals surface area (Å²) in [6.07, 6.45) is 12.1. The monoisotopic (exact) mass is 308 g/mol. The number of hydrogen-bond donors (Lipinski definition) is 1. The summed E-state index contributed by atoms with van der Waals surface area (Å²) in [6, 6.07) is 8.31. The van der Waals surface area contributed by atoms with Crippen LogP contribution >= 0.6 is 11.6 Å². The molecule has 1 rings (SSSR count). The molecule has 0 fully saturated rings. The molecule has 0 aromatic heterocycles. The number of amidine groups is 1. The van der Waals surface area contributed by atoms with Gasteiger partial charge in [-0.15, -0.1) is 11.6 Å². The normalized spacial score (nSPS) is 11.8. The van der Waals surface area contributed by atoms with Crippen LogP contribution in [0.25, 0.3) is 0 Å². The Bertz CT molecular complexity index is 398. The molecular weight excluding hydrogens is 280 g/mol. The molecule has 0 amide bonds. The first-order valence-corrected chi connectivity index (χ1v) is 8.77. The largest absolute Gasteiger partial charge is 0.386 e. The van der Waals surface area contributed by atoms with Gasteiger partial charge in [-0.05, 0) is 30.5 Å². The molecule has 1 aromatic rings. The number of alkyl halides is 1. The van der Waals surface area contributed by atoms with Gasteiger partial charge in [0.05, 0.1) is 11.6 Å². The Balaban J connectivity index is 2.15. The van der Waals surface area contributed by atoms with E-state index in [9.17, 15) is 0 Å². The summed E-state index contributed by atoms with van der Waals surface area (Å²) in [4.78, 5) is 4.23. The molecule has 0 heterocycles. The molecule has 0 bridgehead atoms. The van der Waals surface area contributed by atoms with E-state index in [1.807, 2.05) is 12.1 Å². The number of rotatable bonds is 11. The van der Waals surface area contributed by atoms with Crippen molar-refractivity contribution in [2.24, 2.45) is 10.7 Å². The second-order valence-corrected chi connectivity index (χ2v) is 5.90. The summed E-state index contributed by atoms with van der Waals surface area (Å²) in [5, 5.41) is 0. The smallest absolute Gasteiger partial charge is 0.115 e. The number of nitrogens with zero attached hydrogens (tertiary/aromatic N) is 1. The Morgan fingerprint density at radius 3 is 2.10 bits per heavy atom. The first kappa shape index (κ1) is 18.0. The van der Waals surface area contributed by atoms with Gasteiger partial charge in [-0.2, -0.15) is 0 Å². The number of unbranched alkanes of at least 4 members (excludes halogenated alkanes) is 7. The van der Waals surface area contributed by atoms with Crippen molar-refractivity contribution in [3.63, 3.8) is 0 Å². The average Bonchev–Trinajstić information content (AvgIpc) is 2.51. The van der Waals surface area contributed by atoms with Gasteiger partial charge in [0.2, 0.25) is 0 Å². The highest BCUT2D eigenvalue weighted by Crippen LogP contribution is 2.16. The molecule has 1 aromatic carbocycles. The maximum atomic E-state index is 5.62. The molecule has 0 aliphatic heterocycles. The van der Waals surface area contributed by atoms with Gasteiger partial charge in [-0.3, -0.25) is 0 Å². The highest BCUT2D eigenvalue weighted by Gasteiger charge is 1.96. The lowest BCUT2D eigenvalue weighted by molar-refractivity contribution is 0.575. The molecule has 0 spiro atoms. The molecule has 0 aliphatic carbocycles. The molecule has 0 atom stereocenters. The molecule has 0 aliphatic rings. The maximum absolute atomic E-state index is 5.62. The van der Waals surface area contributed by atoms with Gasteiger partial charge in [-0.25, -0.2) is 4.99 Å². The predicted octanol–water partition coefficient (Wildman–Crippen LogP) is 5.60. The lowest BCUT2D eigenvalue weighted by Gasteiger charge is -2.03. The first-order chi connectivity index (χ1) is 10.3. The van der Waals surface area contributed by atoms with Gasteiger partial charge in [0.1, 0.15) is 5.84 Å². The summed E-state index contributed by atoms with van der Waals surface area (Å²) in [7, 11) is 0. The Labute approximate surface area is 134 Å². The van der Waals surface area contributed by atoms with Gasteiger partial charge in [0, 0.05) is 0 Å². The number of aryl methyl sites for hydroxylation is 1. The van der Waals surface area contributed by atoms with Crippen molar-refractivity contribution >= 4 is 23.1 Å². The van der Waals surface area contributed by atoms with Crippen LogP contribution in [0, 0.1) is 0 Å². The van der Waals surface area contributed by atoms with E-state index in [4.69, 9.17) is 17.3 Å². The minimum Gasteiger partial charge on any atom is -0.386 e. The van der Waals surface area contributed by atoms with Crippen LogP contribution in [-0.2, 0) is 6.42 Å². The van der Waals surface area contributed by atoms with E-state index in [2.05, 4.69) is 24.0 Å². The van der Waals surface area contributed by atoms with Crippen LogP contribution in [0.4, 0.5) is 5.69 Å². The fourth-order valence-corrected chi connectivity index (χ4v) is 2.46. The molecule has 0 unspecified atom stereocenters. The van der Waals surface area contributed by atoms with E-state index in [0.717, 1.165) is 12.1 Å².